The summed E-state index contributed by atoms with van der Waals surface area (Å²) < 4.78 is 50.5. The molecule has 2 rings (SSSR count). The van der Waals surface area contributed by atoms with Gasteiger partial charge in [0.05, 0.1) is 23.1 Å². The molecule has 0 unspecified atom stereocenters. The molecule has 0 aliphatic rings. The third kappa shape index (κ3) is 3.09. The van der Waals surface area contributed by atoms with Crippen LogP contribution in [0.3, 0.4) is 0 Å². The molecule has 104 valence electrons. The lowest BCUT2D eigenvalue weighted by Crippen LogP contribution is -2.11. The minimum atomic E-state index is -3.01. The zero-order chi connectivity index (χ0) is 14.0. The first-order chi connectivity index (χ1) is 8.93. The lowest BCUT2D eigenvalue weighted by molar-refractivity contribution is 0.510. The first-order valence-electron chi connectivity index (χ1n) is 5.93. The molecule has 0 atom stereocenters. The fraction of sp³-hybridized carbons (Fsp3) is 0.417. The summed E-state index contributed by atoms with van der Waals surface area (Å²) in [6, 6.07) is 2.11. The number of halogens is 2. The van der Waals surface area contributed by atoms with Gasteiger partial charge in [0.15, 0.2) is 11.6 Å². The van der Waals surface area contributed by atoms with E-state index in [4.69, 9.17) is 0 Å². The van der Waals surface area contributed by atoms with Crippen molar-refractivity contribution in [3.8, 4) is 0 Å². The lowest BCUT2D eigenvalue weighted by atomic mass is 10.3. The summed E-state index contributed by atoms with van der Waals surface area (Å²) in [4.78, 5) is 3.96. The maximum absolute atomic E-state index is 13.2. The third-order valence-corrected chi connectivity index (χ3v) is 4.75. The van der Waals surface area contributed by atoms with Crippen molar-refractivity contribution in [1.29, 1.82) is 0 Å². The van der Waals surface area contributed by atoms with Gasteiger partial charge in [0, 0.05) is 24.4 Å². The molecule has 0 saturated heterocycles. The number of imidazole rings is 1. The molecule has 0 amide bonds. The summed E-state index contributed by atoms with van der Waals surface area (Å²) in [6.45, 7) is 2.00. The van der Waals surface area contributed by atoms with Crippen molar-refractivity contribution < 1.29 is 17.2 Å². The van der Waals surface area contributed by atoms with Gasteiger partial charge in [0.25, 0.3) is 0 Å². The van der Waals surface area contributed by atoms with Crippen LogP contribution in [0.2, 0.25) is 0 Å². The number of rotatable bonds is 5. The quantitative estimate of drug-likeness (QED) is 0.847. The van der Waals surface area contributed by atoms with E-state index in [0.717, 1.165) is 12.1 Å². The maximum atomic E-state index is 13.2. The Kier molecular flexibility index (Phi) is 3.84. The van der Waals surface area contributed by atoms with Gasteiger partial charge in [-0.05, 0) is 6.42 Å². The molecule has 0 saturated carbocycles. The van der Waals surface area contributed by atoms with Crippen LogP contribution in [0.5, 0.6) is 0 Å². The Labute approximate surface area is 110 Å². The molecule has 7 heteroatoms. The van der Waals surface area contributed by atoms with Gasteiger partial charge in [0.2, 0.25) is 0 Å². The van der Waals surface area contributed by atoms with Gasteiger partial charge in [-0.3, -0.25) is 0 Å². The molecule has 0 N–H and O–H groups in total. The van der Waals surface area contributed by atoms with Gasteiger partial charge in [-0.2, -0.15) is 0 Å². The van der Waals surface area contributed by atoms with E-state index in [2.05, 4.69) is 4.98 Å². The fourth-order valence-electron chi connectivity index (χ4n) is 1.83. The topological polar surface area (TPSA) is 52.0 Å². The van der Waals surface area contributed by atoms with Crippen LogP contribution in [0.25, 0.3) is 11.0 Å². The highest BCUT2D eigenvalue weighted by atomic mass is 32.2. The zero-order valence-corrected chi connectivity index (χ0v) is 11.3. The van der Waals surface area contributed by atoms with Crippen molar-refractivity contribution >= 4 is 20.9 Å². The highest BCUT2D eigenvalue weighted by Crippen LogP contribution is 2.17. The van der Waals surface area contributed by atoms with Crippen LogP contribution >= 0.6 is 0 Å². The van der Waals surface area contributed by atoms with Crippen molar-refractivity contribution in [2.24, 2.45) is 0 Å². The second kappa shape index (κ2) is 5.24. The maximum Gasteiger partial charge on any atom is 0.161 e. The van der Waals surface area contributed by atoms with Gasteiger partial charge in [0.1, 0.15) is 9.84 Å². The highest BCUT2D eigenvalue weighted by Gasteiger charge is 2.10. The van der Waals surface area contributed by atoms with E-state index < -0.39 is 21.5 Å². The van der Waals surface area contributed by atoms with Crippen LogP contribution < -0.4 is 0 Å². The number of aryl methyl sites for hydroxylation is 1. The van der Waals surface area contributed by atoms with Crippen LogP contribution in [-0.4, -0.2) is 29.5 Å². The molecule has 0 aliphatic heterocycles. The number of aromatic nitrogens is 2. The van der Waals surface area contributed by atoms with Gasteiger partial charge in [-0.15, -0.1) is 0 Å². The Hall–Kier alpha value is -1.50. The van der Waals surface area contributed by atoms with Crippen molar-refractivity contribution in [2.75, 3.05) is 11.5 Å². The number of hydrogen-bond donors (Lipinski definition) is 0. The standard InChI is InChI=1S/C12H14F2N2O2S/c1-2-19(17,18)5-3-4-16-8-15-11-6-9(13)10(14)7-12(11)16/h6-8H,2-5H2,1H3. The molecular weight excluding hydrogens is 274 g/mol. The molecule has 0 spiro atoms. The van der Waals surface area contributed by atoms with E-state index in [-0.39, 0.29) is 11.5 Å². The largest absolute Gasteiger partial charge is 0.330 e. The third-order valence-electron chi connectivity index (χ3n) is 2.96. The van der Waals surface area contributed by atoms with E-state index >= 15 is 0 Å². The second-order valence-corrected chi connectivity index (χ2v) is 6.76. The number of nitrogens with zero attached hydrogens (tertiary/aromatic N) is 2. The molecule has 1 heterocycles. The summed E-state index contributed by atoms with van der Waals surface area (Å²) >= 11 is 0. The Morgan fingerprint density at radius 2 is 1.95 bits per heavy atom. The molecule has 2 aromatic rings. The number of hydrogen-bond acceptors (Lipinski definition) is 3. The number of benzene rings is 1. The second-order valence-electron chi connectivity index (χ2n) is 4.28. The molecular formula is C12H14F2N2O2S. The highest BCUT2D eigenvalue weighted by molar-refractivity contribution is 7.91. The monoisotopic (exact) mass is 288 g/mol. The van der Waals surface area contributed by atoms with Crippen LogP contribution in [0.4, 0.5) is 8.78 Å². The smallest absolute Gasteiger partial charge is 0.161 e. The molecule has 19 heavy (non-hydrogen) atoms. The minimum absolute atomic E-state index is 0.0762. The lowest BCUT2D eigenvalue weighted by Gasteiger charge is -2.04. The summed E-state index contributed by atoms with van der Waals surface area (Å²) in [7, 11) is -3.01. The van der Waals surface area contributed by atoms with Gasteiger partial charge in [-0.1, -0.05) is 6.92 Å². The van der Waals surface area contributed by atoms with E-state index in [1.54, 1.807) is 11.5 Å². The molecule has 1 aromatic carbocycles. The van der Waals surface area contributed by atoms with Crippen LogP contribution in [0, 0.1) is 11.6 Å². The Balaban J connectivity index is 2.16. The molecule has 4 nitrogen and oxygen atoms in total. The molecule has 0 aliphatic carbocycles. The van der Waals surface area contributed by atoms with Crippen LogP contribution in [0.15, 0.2) is 18.5 Å². The van der Waals surface area contributed by atoms with E-state index in [9.17, 15) is 17.2 Å². The number of sulfone groups is 1. The fourth-order valence-corrected chi connectivity index (χ4v) is 2.69. The Morgan fingerprint density at radius 3 is 2.63 bits per heavy atom. The summed E-state index contributed by atoms with van der Waals surface area (Å²) in [5.41, 5.74) is 0.824. The number of fused-ring (bicyclic) bond motifs is 1. The zero-order valence-electron chi connectivity index (χ0n) is 10.4. The predicted molar refractivity (Wildman–Crippen MR) is 68.6 cm³/mol. The van der Waals surface area contributed by atoms with Crippen LogP contribution in [0.1, 0.15) is 13.3 Å². The SMILES string of the molecule is CCS(=O)(=O)CCCn1cnc2cc(F)c(F)cc21. The first kappa shape index (κ1) is 13.9. The van der Waals surface area contributed by atoms with Crippen LogP contribution in [-0.2, 0) is 16.4 Å². The predicted octanol–water partition coefficient (Wildman–Crippen LogP) is 2.14. The van der Waals surface area contributed by atoms with Crippen molar-refractivity contribution in [3.63, 3.8) is 0 Å². The van der Waals surface area contributed by atoms with E-state index in [1.165, 1.54) is 6.33 Å². The Bertz CT molecular complexity index is 695. The summed E-state index contributed by atoms with van der Waals surface area (Å²) in [6.07, 6.45) is 1.88. The molecule has 1 aromatic heterocycles. The van der Waals surface area contributed by atoms with E-state index in [0.29, 0.717) is 24.0 Å². The summed E-state index contributed by atoms with van der Waals surface area (Å²) in [5.74, 6) is -1.69. The average molecular weight is 288 g/mol. The average Bonchev–Trinajstić information content (AvgIpc) is 2.73. The minimum Gasteiger partial charge on any atom is -0.330 e. The van der Waals surface area contributed by atoms with Gasteiger partial charge >= 0.3 is 0 Å². The van der Waals surface area contributed by atoms with Gasteiger partial charge < -0.3 is 4.57 Å². The normalized spacial score (nSPS) is 12.2. The Morgan fingerprint density at radius 1 is 1.26 bits per heavy atom. The molecule has 0 bridgehead atoms. The first-order valence-corrected chi connectivity index (χ1v) is 7.75. The molecule has 0 radical (unpaired) electrons. The van der Waals surface area contributed by atoms with Gasteiger partial charge in [-0.25, -0.2) is 22.2 Å². The van der Waals surface area contributed by atoms with Crippen molar-refractivity contribution in [3.05, 3.63) is 30.1 Å². The van der Waals surface area contributed by atoms with Crippen molar-refractivity contribution in [1.82, 2.24) is 9.55 Å². The molecule has 0 fully saturated rings. The summed E-state index contributed by atoms with van der Waals surface area (Å²) in [5, 5.41) is 0. The van der Waals surface area contributed by atoms with E-state index in [1.807, 2.05) is 0 Å². The van der Waals surface area contributed by atoms with Crippen molar-refractivity contribution in [2.45, 2.75) is 19.9 Å².